The van der Waals surface area contributed by atoms with Crippen molar-refractivity contribution in [2.75, 3.05) is 11.9 Å². The summed E-state index contributed by atoms with van der Waals surface area (Å²) in [4.78, 5) is 11.4. The van der Waals surface area contributed by atoms with Gasteiger partial charge in [-0.1, -0.05) is 22.0 Å². The van der Waals surface area contributed by atoms with Crippen LogP contribution in [0.4, 0.5) is 8.78 Å². The summed E-state index contributed by atoms with van der Waals surface area (Å²) in [5.74, 6) is -2.37. The van der Waals surface area contributed by atoms with E-state index in [0.717, 1.165) is 6.07 Å². The van der Waals surface area contributed by atoms with Gasteiger partial charge in [0.25, 0.3) is 5.91 Å². The van der Waals surface area contributed by atoms with Crippen LogP contribution < -0.4 is 5.32 Å². The van der Waals surface area contributed by atoms with E-state index in [1.807, 2.05) is 0 Å². The largest absolute Gasteiger partial charge is 0.351 e. The molecule has 1 rings (SSSR count). The predicted octanol–water partition coefficient (Wildman–Crippen LogP) is 2.40. The van der Waals surface area contributed by atoms with Crippen molar-refractivity contribution in [2.24, 2.45) is 0 Å². The van der Waals surface area contributed by atoms with Gasteiger partial charge in [0.05, 0.1) is 0 Å². The molecule has 82 valence electrons. The maximum Gasteiger partial charge on any atom is 0.257 e. The van der Waals surface area contributed by atoms with Crippen LogP contribution in [0.25, 0.3) is 0 Å². The molecule has 1 N–H and O–H groups in total. The molecule has 1 aromatic carbocycles. The highest BCUT2D eigenvalue weighted by Crippen LogP contribution is 2.15. The van der Waals surface area contributed by atoms with Crippen LogP contribution in [0.1, 0.15) is 15.9 Å². The zero-order valence-electron chi connectivity index (χ0n) is 8.11. The van der Waals surface area contributed by atoms with E-state index in [0.29, 0.717) is 11.9 Å². The molecule has 15 heavy (non-hydrogen) atoms. The molecule has 2 nitrogen and oxygen atoms in total. The average Bonchev–Trinajstić information content (AvgIpc) is 2.21. The molecular weight excluding hydrogens is 268 g/mol. The lowest BCUT2D eigenvalue weighted by atomic mass is 10.1. The fraction of sp³-hybridized carbons (Fsp3) is 0.300. The van der Waals surface area contributed by atoms with Crippen LogP contribution in [-0.2, 0) is 0 Å². The molecule has 5 heteroatoms. The molecule has 1 amide bonds. The summed E-state index contributed by atoms with van der Waals surface area (Å²) in [5.41, 5.74) is -0.267. The van der Waals surface area contributed by atoms with Crippen molar-refractivity contribution in [3.63, 3.8) is 0 Å². The lowest BCUT2D eigenvalue weighted by Gasteiger charge is -2.07. The number of hydrogen-bond donors (Lipinski definition) is 1. The fourth-order valence-electron chi connectivity index (χ4n) is 1.11. The summed E-state index contributed by atoms with van der Waals surface area (Å²) >= 11 is 3.10. The van der Waals surface area contributed by atoms with E-state index in [-0.39, 0.29) is 5.56 Å². The molecule has 0 aromatic heterocycles. The van der Waals surface area contributed by atoms with Crippen LogP contribution >= 0.6 is 15.9 Å². The highest BCUT2D eigenvalue weighted by Gasteiger charge is 2.18. The summed E-state index contributed by atoms with van der Waals surface area (Å²) in [6.45, 7) is 1.81. The molecule has 0 spiro atoms. The van der Waals surface area contributed by atoms with Crippen molar-refractivity contribution in [3.05, 3.63) is 34.9 Å². The third-order valence-electron chi connectivity index (χ3n) is 1.89. The van der Waals surface area contributed by atoms with Crippen molar-refractivity contribution in [1.82, 2.24) is 5.32 Å². The summed E-state index contributed by atoms with van der Waals surface area (Å²) in [7, 11) is 0. The standard InChI is InChI=1S/C10H10BrF2NO/c1-6-2-3-7(12)8(9(6)13)10(15)14-5-4-11/h2-3H,4-5H2,1H3,(H,14,15). The Morgan fingerprint density at radius 1 is 1.47 bits per heavy atom. The van der Waals surface area contributed by atoms with Crippen molar-refractivity contribution < 1.29 is 13.6 Å². The normalized spacial score (nSPS) is 10.1. The number of carbonyl (C=O) groups excluding carboxylic acids is 1. The van der Waals surface area contributed by atoms with Crippen LogP contribution in [0.15, 0.2) is 12.1 Å². The van der Waals surface area contributed by atoms with Gasteiger partial charge in [-0.15, -0.1) is 0 Å². The van der Waals surface area contributed by atoms with Crippen LogP contribution in [-0.4, -0.2) is 17.8 Å². The van der Waals surface area contributed by atoms with E-state index in [4.69, 9.17) is 0 Å². The first-order chi connectivity index (χ1) is 7.07. The van der Waals surface area contributed by atoms with E-state index in [1.165, 1.54) is 13.0 Å². The minimum atomic E-state index is -0.842. The third kappa shape index (κ3) is 2.75. The van der Waals surface area contributed by atoms with Gasteiger partial charge in [0.15, 0.2) is 0 Å². The highest BCUT2D eigenvalue weighted by atomic mass is 79.9. The number of alkyl halides is 1. The van der Waals surface area contributed by atoms with Crippen LogP contribution in [0.2, 0.25) is 0 Å². The molecule has 0 aliphatic carbocycles. The number of aryl methyl sites for hydroxylation is 1. The number of carbonyl (C=O) groups is 1. The van der Waals surface area contributed by atoms with Crippen molar-refractivity contribution in [3.8, 4) is 0 Å². The lowest BCUT2D eigenvalue weighted by molar-refractivity contribution is 0.0947. The van der Waals surface area contributed by atoms with Crippen LogP contribution in [0, 0.1) is 18.6 Å². The number of amides is 1. The molecular formula is C10H10BrF2NO. The predicted molar refractivity (Wildman–Crippen MR) is 57.2 cm³/mol. The first-order valence-electron chi connectivity index (χ1n) is 4.36. The second-order valence-corrected chi connectivity index (χ2v) is 3.79. The van der Waals surface area contributed by atoms with Gasteiger partial charge in [-0.25, -0.2) is 8.78 Å². The van der Waals surface area contributed by atoms with E-state index < -0.39 is 23.1 Å². The Morgan fingerprint density at radius 2 is 2.13 bits per heavy atom. The number of halogens is 3. The van der Waals surface area contributed by atoms with E-state index in [1.54, 1.807) is 0 Å². The molecule has 1 aromatic rings. The van der Waals surface area contributed by atoms with Crippen molar-refractivity contribution in [2.45, 2.75) is 6.92 Å². The first kappa shape index (κ1) is 12.1. The Balaban J connectivity index is 3.02. The first-order valence-corrected chi connectivity index (χ1v) is 5.49. The summed E-state index contributed by atoms with van der Waals surface area (Å²) in [5, 5.41) is 2.93. The van der Waals surface area contributed by atoms with Crippen molar-refractivity contribution in [1.29, 1.82) is 0 Å². The SMILES string of the molecule is Cc1ccc(F)c(C(=O)NCCBr)c1F. The average molecular weight is 278 g/mol. The molecule has 0 unspecified atom stereocenters. The minimum Gasteiger partial charge on any atom is -0.351 e. The Labute approximate surface area is 94.8 Å². The maximum atomic E-state index is 13.4. The summed E-state index contributed by atoms with van der Waals surface area (Å²) in [6.07, 6.45) is 0. The number of rotatable bonds is 3. The van der Waals surface area contributed by atoms with Gasteiger partial charge in [0, 0.05) is 11.9 Å². The molecule has 0 fully saturated rings. The fourth-order valence-corrected chi connectivity index (χ4v) is 1.31. The second kappa shape index (κ2) is 5.21. The van der Waals surface area contributed by atoms with Gasteiger partial charge in [0.2, 0.25) is 0 Å². The molecule has 0 saturated carbocycles. The summed E-state index contributed by atoms with van der Waals surface area (Å²) in [6, 6.07) is 2.38. The molecule has 0 bridgehead atoms. The molecule has 0 aliphatic rings. The van der Waals surface area contributed by atoms with Gasteiger partial charge in [-0.05, 0) is 18.6 Å². The zero-order valence-corrected chi connectivity index (χ0v) is 9.70. The number of hydrogen-bond acceptors (Lipinski definition) is 1. The maximum absolute atomic E-state index is 13.4. The Morgan fingerprint density at radius 3 is 2.73 bits per heavy atom. The Hall–Kier alpha value is -0.970. The Bertz CT molecular complexity index is 382. The molecule has 0 atom stereocenters. The van der Waals surface area contributed by atoms with Crippen LogP contribution in [0.5, 0.6) is 0 Å². The topological polar surface area (TPSA) is 29.1 Å². The minimum absolute atomic E-state index is 0.250. The molecule has 0 radical (unpaired) electrons. The molecule has 0 heterocycles. The van der Waals surface area contributed by atoms with Gasteiger partial charge in [-0.3, -0.25) is 4.79 Å². The van der Waals surface area contributed by atoms with E-state index in [2.05, 4.69) is 21.2 Å². The van der Waals surface area contributed by atoms with Crippen LogP contribution in [0.3, 0.4) is 0 Å². The quantitative estimate of drug-likeness (QED) is 0.845. The van der Waals surface area contributed by atoms with Gasteiger partial charge in [-0.2, -0.15) is 0 Å². The number of nitrogens with one attached hydrogen (secondary N) is 1. The van der Waals surface area contributed by atoms with Gasteiger partial charge >= 0.3 is 0 Å². The number of benzene rings is 1. The van der Waals surface area contributed by atoms with Gasteiger partial charge in [0.1, 0.15) is 17.2 Å². The monoisotopic (exact) mass is 277 g/mol. The highest BCUT2D eigenvalue weighted by molar-refractivity contribution is 9.09. The third-order valence-corrected chi connectivity index (χ3v) is 2.29. The molecule has 0 saturated heterocycles. The van der Waals surface area contributed by atoms with E-state index >= 15 is 0 Å². The summed E-state index contributed by atoms with van der Waals surface area (Å²) < 4.78 is 26.6. The van der Waals surface area contributed by atoms with E-state index in [9.17, 15) is 13.6 Å². The second-order valence-electron chi connectivity index (χ2n) is 3.00. The molecule has 0 aliphatic heterocycles. The smallest absolute Gasteiger partial charge is 0.257 e. The Kier molecular flexibility index (Phi) is 4.20. The zero-order chi connectivity index (χ0) is 11.4. The lowest BCUT2D eigenvalue weighted by Crippen LogP contribution is -2.27. The van der Waals surface area contributed by atoms with Crippen molar-refractivity contribution >= 4 is 21.8 Å². The van der Waals surface area contributed by atoms with Gasteiger partial charge < -0.3 is 5.32 Å².